The van der Waals surface area contributed by atoms with Crippen LogP contribution < -0.4 is 10.6 Å². The third-order valence-corrected chi connectivity index (χ3v) is 3.16. The number of carbonyl (C=O) groups is 2. The highest BCUT2D eigenvalue weighted by Gasteiger charge is 2.20. The van der Waals surface area contributed by atoms with Crippen molar-refractivity contribution in [3.8, 4) is 6.07 Å². The van der Waals surface area contributed by atoms with E-state index >= 15 is 0 Å². The molecule has 0 saturated carbocycles. The van der Waals surface area contributed by atoms with E-state index in [-0.39, 0.29) is 5.02 Å². The Kier molecular flexibility index (Phi) is 5.35. The van der Waals surface area contributed by atoms with Crippen molar-refractivity contribution in [1.29, 1.82) is 5.26 Å². The summed E-state index contributed by atoms with van der Waals surface area (Å²) < 4.78 is 0. The van der Waals surface area contributed by atoms with Gasteiger partial charge in [-0.1, -0.05) is 11.6 Å². The van der Waals surface area contributed by atoms with Gasteiger partial charge in [-0.25, -0.2) is 4.79 Å². The zero-order chi connectivity index (χ0) is 15.3. The quantitative estimate of drug-likeness (QED) is 0.794. The van der Waals surface area contributed by atoms with Gasteiger partial charge in [0, 0.05) is 11.7 Å². The average Bonchev–Trinajstić information content (AvgIpc) is 2.37. The van der Waals surface area contributed by atoms with Gasteiger partial charge in [0.25, 0.3) is 0 Å². The Morgan fingerprint density at radius 1 is 1.40 bits per heavy atom. The summed E-state index contributed by atoms with van der Waals surface area (Å²) in [5, 5.41) is 22.8. The molecule has 0 aliphatic rings. The molecule has 0 aromatic heterocycles. The Bertz CT molecular complexity index is 568. The first kappa shape index (κ1) is 15.8. The predicted octanol–water partition coefficient (Wildman–Crippen LogP) is 2.44. The average molecular weight is 296 g/mol. The number of nitrogens with zero attached hydrogens (tertiary/aromatic N) is 1. The molecular weight excluding hydrogens is 282 g/mol. The molecule has 6 nitrogen and oxygen atoms in total. The number of aliphatic carboxylic acids is 1. The van der Waals surface area contributed by atoms with Crippen LogP contribution in [0, 0.1) is 17.2 Å². The van der Waals surface area contributed by atoms with Gasteiger partial charge in [-0.3, -0.25) is 4.79 Å². The van der Waals surface area contributed by atoms with Crippen molar-refractivity contribution in [2.75, 3.05) is 5.32 Å². The minimum Gasteiger partial charge on any atom is -0.481 e. The van der Waals surface area contributed by atoms with Crippen molar-refractivity contribution in [3.63, 3.8) is 0 Å². The summed E-state index contributed by atoms with van der Waals surface area (Å²) in [6.07, 6.45) is 0. The number of hydrogen-bond donors (Lipinski definition) is 3. The van der Waals surface area contributed by atoms with Crippen molar-refractivity contribution in [2.24, 2.45) is 5.92 Å². The molecule has 1 rings (SSSR count). The number of anilines is 1. The highest BCUT2D eigenvalue weighted by Crippen LogP contribution is 2.20. The lowest BCUT2D eigenvalue weighted by atomic mass is 10.0. The van der Waals surface area contributed by atoms with E-state index in [0.717, 1.165) is 0 Å². The SMILES string of the molecule is CC(NC(=O)Nc1ccc(C#N)c(Cl)c1)C(C)C(=O)O. The van der Waals surface area contributed by atoms with Crippen LogP contribution in [-0.2, 0) is 4.79 Å². The molecule has 0 saturated heterocycles. The second-order valence-electron chi connectivity index (χ2n) is 4.32. The molecule has 0 fully saturated rings. The molecular formula is C13H14ClN3O3. The molecule has 2 amide bonds. The first-order valence-corrected chi connectivity index (χ1v) is 6.23. The minimum atomic E-state index is -0.987. The molecule has 1 aromatic rings. The van der Waals surface area contributed by atoms with Crippen molar-refractivity contribution in [1.82, 2.24) is 5.32 Å². The Morgan fingerprint density at radius 3 is 2.55 bits per heavy atom. The maximum Gasteiger partial charge on any atom is 0.319 e. The number of urea groups is 1. The maximum atomic E-state index is 11.7. The molecule has 0 radical (unpaired) electrons. The molecule has 2 unspecified atom stereocenters. The second-order valence-corrected chi connectivity index (χ2v) is 4.73. The van der Waals surface area contributed by atoms with Gasteiger partial charge in [-0.2, -0.15) is 5.26 Å². The number of carboxylic acid groups (broad SMARTS) is 1. The number of carboxylic acids is 1. The number of halogens is 1. The molecule has 3 N–H and O–H groups in total. The van der Waals surface area contributed by atoms with E-state index in [2.05, 4.69) is 10.6 Å². The molecule has 0 aliphatic carbocycles. The van der Waals surface area contributed by atoms with Gasteiger partial charge < -0.3 is 15.7 Å². The summed E-state index contributed by atoms with van der Waals surface area (Å²) in [6, 6.07) is 5.32. The second kappa shape index (κ2) is 6.78. The van der Waals surface area contributed by atoms with Crippen LogP contribution in [0.3, 0.4) is 0 Å². The van der Waals surface area contributed by atoms with Gasteiger partial charge >= 0.3 is 12.0 Å². The molecule has 0 spiro atoms. The number of nitriles is 1. The van der Waals surface area contributed by atoms with Crippen LogP contribution in [0.2, 0.25) is 5.02 Å². The Balaban J connectivity index is 2.65. The van der Waals surface area contributed by atoms with E-state index in [9.17, 15) is 9.59 Å². The summed E-state index contributed by atoms with van der Waals surface area (Å²) in [5.74, 6) is -1.69. The topological polar surface area (TPSA) is 102 Å². The Morgan fingerprint density at radius 2 is 2.05 bits per heavy atom. The van der Waals surface area contributed by atoms with Gasteiger partial charge in [0.05, 0.1) is 16.5 Å². The van der Waals surface area contributed by atoms with Gasteiger partial charge in [0.1, 0.15) is 6.07 Å². The fourth-order valence-electron chi connectivity index (χ4n) is 1.40. The van der Waals surface area contributed by atoms with Crippen LogP contribution in [0.5, 0.6) is 0 Å². The van der Waals surface area contributed by atoms with Crippen molar-refractivity contribution < 1.29 is 14.7 Å². The first-order valence-electron chi connectivity index (χ1n) is 5.85. The summed E-state index contributed by atoms with van der Waals surface area (Å²) >= 11 is 5.84. The Labute approximate surface area is 121 Å². The molecule has 0 bridgehead atoms. The van der Waals surface area contributed by atoms with Gasteiger partial charge in [0.2, 0.25) is 0 Å². The van der Waals surface area contributed by atoms with Crippen LogP contribution in [0.1, 0.15) is 19.4 Å². The molecule has 0 aliphatic heterocycles. The fraction of sp³-hybridized carbons (Fsp3) is 0.308. The minimum absolute atomic E-state index is 0.234. The molecule has 106 valence electrons. The molecule has 20 heavy (non-hydrogen) atoms. The first-order chi connectivity index (χ1) is 9.35. The summed E-state index contributed by atoms with van der Waals surface area (Å²) in [6.45, 7) is 3.11. The van der Waals surface area contributed by atoms with Crippen molar-refractivity contribution in [2.45, 2.75) is 19.9 Å². The number of benzene rings is 1. The monoisotopic (exact) mass is 295 g/mol. The molecule has 7 heteroatoms. The van der Waals surface area contributed by atoms with Crippen molar-refractivity contribution in [3.05, 3.63) is 28.8 Å². The number of nitrogens with one attached hydrogen (secondary N) is 2. The van der Waals surface area contributed by atoms with Crippen LogP contribution in [0.25, 0.3) is 0 Å². The predicted molar refractivity (Wildman–Crippen MR) is 74.6 cm³/mol. The third kappa shape index (κ3) is 4.14. The normalized spacial score (nSPS) is 12.9. The van der Waals surface area contributed by atoms with Crippen LogP contribution in [-0.4, -0.2) is 23.1 Å². The van der Waals surface area contributed by atoms with E-state index in [1.807, 2.05) is 6.07 Å². The van der Waals surface area contributed by atoms with E-state index < -0.39 is 24.0 Å². The lowest BCUT2D eigenvalue weighted by molar-refractivity contribution is -0.141. The zero-order valence-corrected chi connectivity index (χ0v) is 11.7. The smallest absolute Gasteiger partial charge is 0.319 e. The fourth-order valence-corrected chi connectivity index (χ4v) is 1.62. The highest BCUT2D eigenvalue weighted by molar-refractivity contribution is 6.32. The standard InChI is InChI=1S/C13H14ClN3O3/c1-7(12(18)19)8(2)16-13(20)17-10-4-3-9(6-15)11(14)5-10/h3-5,7-8H,1-2H3,(H,18,19)(H2,16,17,20). The van der Waals surface area contributed by atoms with E-state index in [4.69, 9.17) is 22.0 Å². The number of carbonyl (C=O) groups excluding carboxylic acids is 1. The zero-order valence-electron chi connectivity index (χ0n) is 11.0. The van der Waals surface area contributed by atoms with E-state index in [0.29, 0.717) is 11.3 Å². The van der Waals surface area contributed by atoms with Crippen LogP contribution in [0.4, 0.5) is 10.5 Å². The number of rotatable bonds is 4. The van der Waals surface area contributed by atoms with Gasteiger partial charge in [0.15, 0.2) is 0 Å². The van der Waals surface area contributed by atoms with Crippen LogP contribution in [0.15, 0.2) is 18.2 Å². The molecule has 1 aromatic carbocycles. The van der Waals surface area contributed by atoms with Gasteiger partial charge in [-0.05, 0) is 32.0 Å². The lowest BCUT2D eigenvalue weighted by Crippen LogP contribution is -2.42. The number of amides is 2. The summed E-state index contributed by atoms with van der Waals surface area (Å²) in [7, 11) is 0. The Hall–Kier alpha value is -2.26. The van der Waals surface area contributed by atoms with E-state index in [1.165, 1.54) is 25.1 Å². The largest absolute Gasteiger partial charge is 0.481 e. The summed E-state index contributed by atoms with van der Waals surface area (Å²) in [4.78, 5) is 22.5. The maximum absolute atomic E-state index is 11.7. The van der Waals surface area contributed by atoms with E-state index in [1.54, 1.807) is 6.92 Å². The molecule has 0 heterocycles. The summed E-state index contributed by atoms with van der Waals surface area (Å²) in [5.41, 5.74) is 0.729. The van der Waals surface area contributed by atoms with Crippen molar-refractivity contribution >= 4 is 29.3 Å². The van der Waals surface area contributed by atoms with Gasteiger partial charge in [-0.15, -0.1) is 0 Å². The molecule has 2 atom stereocenters. The third-order valence-electron chi connectivity index (χ3n) is 2.85. The van der Waals surface area contributed by atoms with Crippen LogP contribution >= 0.6 is 11.6 Å². The lowest BCUT2D eigenvalue weighted by Gasteiger charge is -2.18. The highest BCUT2D eigenvalue weighted by atomic mass is 35.5. The number of hydrogen-bond acceptors (Lipinski definition) is 3.